The molecule has 1 aliphatic carbocycles. The van der Waals surface area contributed by atoms with Crippen LogP contribution in [0.1, 0.15) is 39.0 Å². The number of ketones is 1. The van der Waals surface area contributed by atoms with Gasteiger partial charge in [0.25, 0.3) is 0 Å². The molecule has 0 aromatic carbocycles. The minimum absolute atomic E-state index is 0.0405. The van der Waals surface area contributed by atoms with Crippen LogP contribution >= 0.6 is 0 Å². The Hall–Kier alpha value is -1.12. The van der Waals surface area contributed by atoms with Crippen LogP contribution < -0.4 is 0 Å². The molecular weight excluding hydrogens is 192 g/mol. The molecule has 0 saturated heterocycles. The van der Waals surface area contributed by atoms with Crippen molar-refractivity contribution in [2.75, 3.05) is 7.11 Å². The Kier molecular flexibility index (Phi) is 4.06. The van der Waals surface area contributed by atoms with E-state index >= 15 is 0 Å². The fourth-order valence-electron chi connectivity index (χ4n) is 2.12. The molecule has 3 heteroatoms. The van der Waals surface area contributed by atoms with Crippen LogP contribution in [0.5, 0.6) is 0 Å². The van der Waals surface area contributed by atoms with Gasteiger partial charge in [0, 0.05) is 6.42 Å². The van der Waals surface area contributed by atoms with Gasteiger partial charge in [0.1, 0.15) is 11.2 Å². The van der Waals surface area contributed by atoms with Gasteiger partial charge in [-0.15, -0.1) is 0 Å². The minimum Gasteiger partial charge on any atom is -0.468 e. The first-order chi connectivity index (χ1) is 7.17. The van der Waals surface area contributed by atoms with Gasteiger partial charge in [-0.05, 0) is 26.2 Å². The standard InChI is InChI=1S/C12H18O3/c1-3-4-8-12(11(14)15-2)9-6-5-7-10(12)13/h3-4H,5-9H2,1-2H3/b4-3+. The molecule has 15 heavy (non-hydrogen) atoms. The topological polar surface area (TPSA) is 43.4 Å². The molecule has 1 aliphatic rings. The van der Waals surface area contributed by atoms with Gasteiger partial charge in [-0.25, -0.2) is 0 Å². The number of methoxy groups -OCH3 is 1. The van der Waals surface area contributed by atoms with Crippen molar-refractivity contribution in [1.82, 2.24) is 0 Å². The van der Waals surface area contributed by atoms with E-state index in [1.165, 1.54) is 7.11 Å². The second kappa shape index (κ2) is 5.10. The molecule has 0 amide bonds. The molecule has 0 aliphatic heterocycles. The maximum absolute atomic E-state index is 11.9. The van der Waals surface area contributed by atoms with E-state index in [2.05, 4.69) is 0 Å². The summed E-state index contributed by atoms with van der Waals surface area (Å²) >= 11 is 0. The number of carbonyl (C=O) groups excluding carboxylic acids is 2. The fraction of sp³-hybridized carbons (Fsp3) is 0.667. The lowest BCUT2D eigenvalue weighted by Gasteiger charge is -2.31. The third-order valence-electron chi connectivity index (χ3n) is 3.07. The molecule has 0 aromatic heterocycles. The number of rotatable bonds is 3. The summed E-state index contributed by atoms with van der Waals surface area (Å²) in [5.74, 6) is -0.330. The van der Waals surface area contributed by atoms with Gasteiger partial charge in [0.2, 0.25) is 0 Å². The molecule has 3 nitrogen and oxygen atoms in total. The lowest BCUT2D eigenvalue weighted by molar-refractivity contribution is -0.159. The third-order valence-corrected chi connectivity index (χ3v) is 3.07. The molecular formula is C12H18O3. The predicted molar refractivity (Wildman–Crippen MR) is 57.4 cm³/mol. The van der Waals surface area contributed by atoms with Crippen LogP contribution in [0.15, 0.2) is 12.2 Å². The second-order valence-electron chi connectivity index (χ2n) is 3.98. The maximum Gasteiger partial charge on any atom is 0.319 e. The number of hydrogen-bond donors (Lipinski definition) is 0. The third kappa shape index (κ3) is 2.28. The Labute approximate surface area is 90.5 Å². The number of carbonyl (C=O) groups is 2. The zero-order valence-electron chi connectivity index (χ0n) is 9.41. The molecule has 0 bridgehead atoms. The summed E-state index contributed by atoms with van der Waals surface area (Å²) in [7, 11) is 1.35. The van der Waals surface area contributed by atoms with Crippen molar-refractivity contribution in [3.8, 4) is 0 Å². The first-order valence-electron chi connectivity index (χ1n) is 5.40. The summed E-state index contributed by atoms with van der Waals surface area (Å²) in [4.78, 5) is 23.6. The van der Waals surface area contributed by atoms with Crippen LogP contribution in [0.2, 0.25) is 0 Å². The molecule has 0 aromatic rings. The number of esters is 1. The lowest BCUT2D eigenvalue weighted by Crippen LogP contribution is -2.42. The van der Waals surface area contributed by atoms with Crippen LogP contribution in [0.25, 0.3) is 0 Å². The Balaban J connectivity index is 2.92. The van der Waals surface area contributed by atoms with E-state index in [4.69, 9.17) is 4.74 Å². The molecule has 0 N–H and O–H groups in total. The molecule has 1 fully saturated rings. The molecule has 0 radical (unpaired) electrons. The van der Waals surface area contributed by atoms with Crippen molar-refractivity contribution in [1.29, 1.82) is 0 Å². The Morgan fingerprint density at radius 2 is 2.27 bits per heavy atom. The highest BCUT2D eigenvalue weighted by Crippen LogP contribution is 2.37. The molecule has 1 atom stereocenters. The van der Waals surface area contributed by atoms with E-state index in [1.807, 2.05) is 19.1 Å². The average Bonchev–Trinajstić information content (AvgIpc) is 2.27. The summed E-state index contributed by atoms with van der Waals surface area (Å²) in [6, 6.07) is 0. The van der Waals surface area contributed by atoms with Crippen molar-refractivity contribution in [3.63, 3.8) is 0 Å². The van der Waals surface area contributed by atoms with Crippen LogP contribution in [0.4, 0.5) is 0 Å². The predicted octanol–water partition coefficient (Wildman–Crippen LogP) is 2.26. The normalized spacial score (nSPS) is 26.9. The van der Waals surface area contributed by atoms with Gasteiger partial charge >= 0.3 is 5.97 Å². The Bertz CT molecular complexity index is 271. The van der Waals surface area contributed by atoms with Crippen molar-refractivity contribution >= 4 is 11.8 Å². The van der Waals surface area contributed by atoms with E-state index < -0.39 is 5.41 Å². The first kappa shape index (κ1) is 12.0. The van der Waals surface area contributed by atoms with E-state index in [9.17, 15) is 9.59 Å². The highest BCUT2D eigenvalue weighted by Gasteiger charge is 2.46. The minimum atomic E-state index is -0.889. The first-order valence-corrected chi connectivity index (χ1v) is 5.40. The summed E-state index contributed by atoms with van der Waals surface area (Å²) in [5.41, 5.74) is -0.889. The van der Waals surface area contributed by atoms with Gasteiger partial charge < -0.3 is 4.74 Å². The number of Topliss-reactive ketones (excluding diaryl/α,β-unsaturated/α-hetero) is 1. The molecule has 1 rings (SSSR count). The summed E-state index contributed by atoms with van der Waals surface area (Å²) < 4.78 is 4.77. The van der Waals surface area contributed by atoms with Crippen molar-refractivity contribution in [2.24, 2.45) is 5.41 Å². The SMILES string of the molecule is C/C=C/CC1(C(=O)OC)CCCCC1=O. The highest BCUT2D eigenvalue weighted by molar-refractivity contribution is 6.04. The van der Waals surface area contributed by atoms with Crippen LogP contribution in [0.3, 0.4) is 0 Å². The summed E-state index contributed by atoms with van der Waals surface area (Å²) in [5, 5.41) is 0. The van der Waals surface area contributed by atoms with E-state index in [1.54, 1.807) is 0 Å². The maximum atomic E-state index is 11.9. The highest BCUT2D eigenvalue weighted by atomic mass is 16.5. The summed E-state index contributed by atoms with van der Waals surface area (Å²) in [6.07, 6.45) is 7.18. The van der Waals surface area contributed by atoms with Gasteiger partial charge in [-0.1, -0.05) is 18.6 Å². The summed E-state index contributed by atoms with van der Waals surface area (Å²) in [6.45, 7) is 1.89. The molecule has 0 spiro atoms. The van der Waals surface area contributed by atoms with E-state index in [-0.39, 0.29) is 11.8 Å². The second-order valence-corrected chi connectivity index (χ2v) is 3.98. The average molecular weight is 210 g/mol. The number of ether oxygens (including phenoxy) is 1. The fourth-order valence-corrected chi connectivity index (χ4v) is 2.12. The number of hydrogen-bond acceptors (Lipinski definition) is 3. The monoisotopic (exact) mass is 210 g/mol. The zero-order chi connectivity index (χ0) is 11.3. The van der Waals surface area contributed by atoms with Crippen LogP contribution in [-0.2, 0) is 14.3 Å². The Morgan fingerprint density at radius 3 is 2.80 bits per heavy atom. The Morgan fingerprint density at radius 1 is 1.53 bits per heavy atom. The van der Waals surface area contributed by atoms with Gasteiger partial charge in [-0.2, -0.15) is 0 Å². The van der Waals surface area contributed by atoms with Crippen molar-refractivity contribution in [2.45, 2.75) is 39.0 Å². The van der Waals surface area contributed by atoms with Gasteiger partial charge in [0.05, 0.1) is 7.11 Å². The largest absolute Gasteiger partial charge is 0.468 e. The van der Waals surface area contributed by atoms with Gasteiger partial charge in [0.15, 0.2) is 0 Å². The molecule has 1 saturated carbocycles. The van der Waals surface area contributed by atoms with Gasteiger partial charge in [-0.3, -0.25) is 9.59 Å². The van der Waals surface area contributed by atoms with E-state index in [0.717, 1.165) is 12.8 Å². The lowest BCUT2D eigenvalue weighted by atomic mass is 9.70. The quantitative estimate of drug-likeness (QED) is 0.407. The van der Waals surface area contributed by atoms with Crippen LogP contribution in [0, 0.1) is 5.41 Å². The van der Waals surface area contributed by atoms with Crippen molar-refractivity contribution in [3.05, 3.63) is 12.2 Å². The molecule has 0 heterocycles. The molecule has 84 valence electrons. The molecule has 1 unspecified atom stereocenters. The van der Waals surface area contributed by atoms with Crippen LogP contribution in [-0.4, -0.2) is 18.9 Å². The zero-order valence-corrected chi connectivity index (χ0v) is 9.41. The van der Waals surface area contributed by atoms with E-state index in [0.29, 0.717) is 19.3 Å². The van der Waals surface area contributed by atoms with Crippen molar-refractivity contribution < 1.29 is 14.3 Å². The number of allylic oxidation sites excluding steroid dienone is 2. The smallest absolute Gasteiger partial charge is 0.319 e.